The highest BCUT2D eigenvalue weighted by Gasteiger charge is 2.23. The number of piperidine rings is 1. The number of benzene rings is 1. The summed E-state index contributed by atoms with van der Waals surface area (Å²) in [4.78, 5) is 11.7. The number of halogens is 1. The lowest BCUT2D eigenvalue weighted by Gasteiger charge is -2.23. The second-order valence-electron chi connectivity index (χ2n) is 5.11. The molecular formula is C14H21ClN2O4S. The number of methoxy groups -OCH3 is 1. The quantitative estimate of drug-likeness (QED) is 0.799. The van der Waals surface area contributed by atoms with Crippen molar-refractivity contribution in [2.24, 2.45) is 0 Å². The van der Waals surface area contributed by atoms with Crippen molar-refractivity contribution >= 4 is 28.4 Å². The Labute approximate surface area is 137 Å². The van der Waals surface area contributed by atoms with E-state index in [9.17, 15) is 13.2 Å². The van der Waals surface area contributed by atoms with Gasteiger partial charge in [-0.15, -0.1) is 12.4 Å². The van der Waals surface area contributed by atoms with E-state index in [1.807, 2.05) is 0 Å². The van der Waals surface area contributed by atoms with Crippen molar-refractivity contribution < 1.29 is 17.9 Å². The normalized spacial score (nSPS) is 15.9. The van der Waals surface area contributed by atoms with Gasteiger partial charge >= 0.3 is 5.97 Å². The Kier molecular flexibility index (Phi) is 6.80. The zero-order valence-electron chi connectivity index (χ0n) is 12.6. The van der Waals surface area contributed by atoms with Gasteiger partial charge in [0.1, 0.15) is 0 Å². The molecule has 1 aliphatic rings. The Morgan fingerprint density at radius 1 is 1.32 bits per heavy atom. The van der Waals surface area contributed by atoms with Crippen molar-refractivity contribution in [3.63, 3.8) is 0 Å². The van der Waals surface area contributed by atoms with Crippen LogP contribution in [0.2, 0.25) is 0 Å². The molecule has 0 bridgehead atoms. The van der Waals surface area contributed by atoms with E-state index in [4.69, 9.17) is 0 Å². The van der Waals surface area contributed by atoms with Gasteiger partial charge in [0.2, 0.25) is 10.0 Å². The lowest BCUT2D eigenvalue weighted by Crippen LogP contribution is -2.42. The number of carbonyl (C=O) groups is 1. The van der Waals surface area contributed by atoms with Crippen LogP contribution in [0, 0.1) is 6.92 Å². The topological polar surface area (TPSA) is 84.5 Å². The largest absolute Gasteiger partial charge is 0.465 e. The maximum absolute atomic E-state index is 12.4. The number of esters is 1. The summed E-state index contributed by atoms with van der Waals surface area (Å²) in [6, 6.07) is 4.41. The minimum absolute atomic E-state index is 0. The summed E-state index contributed by atoms with van der Waals surface area (Å²) >= 11 is 0. The Bertz CT molecular complexity index is 628. The van der Waals surface area contributed by atoms with Crippen LogP contribution in [0.15, 0.2) is 23.1 Å². The van der Waals surface area contributed by atoms with Gasteiger partial charge in [0.25, 0.3) is 0 Å². The van der Waals surface area contributed by atoms with Gasteiger partial charge in [0.05, 0.1) is 17.6 Å². The zero-order valence-corrected chi connectivity index (χ0v) is 14.2. The molecule has 2 rings (SSSR count). The molecule has 1 fully saturated rings. The van der Waals surface area contributed by atoms with Crippen LogP contribution >= 0.6 is 12.4 Å². The summed E-state index contributed by atoms with van der Waals surface area (Å²) in [5, 5.41) is 3.18. The number of ether oxygens (including phenoxy) is 1. The molecule has 22 heavy (non-hydrogen) atoms. The number of hydrogen-bond donors (Lipinski definition) is 2. The predicted molar refractivity (Wildman–Crippen MR) is 86.0 cm³/mol. The summed E-state index contributed by atoms with van der Waals surface area (Å²) in [5.41, 5.74) is 0.952. The van der Waals surface area contributed by atoms with Gasteiger partial charge in [-0.1, -0.05) is 6.07 Å². The summed E-state index contributed by atoms with van der Waals surface area (Å²) in [7, 11) is -2.35. The third kappa shape index (κ3) is 4.42. The molecule has 1 heterocycles. The lowest BCUT2D eigenvalue weighted by molar-refractivity contribution is 0.0599. The van der Waals surface area contributed by atoms with Crippen LogP contribution in [0.3, 0.4) is 0 Å². The van der Waals surface area contributed by atoms with Crippen LogP contribution in [0.4, 0.5) is 0 Å². The van der Waals surface area contributed by atoms with Gasteiger partial charge in [0, 0.05) is 6.04 Å². The summed E-state index contributed by atoms with van der Waals surface area (Å²) in [6.45, 7) is 3.34. The van der Waals surface area contributed by atoms with Crippen molar-refractivity contribution in [3.8, 4) is 0 Å². The maximum atomic E-state index is 12.4. The van der Waals surface area contributed by atoms with Gasteiger partial charge in [-0.05, 0) is 50.6 Å². The number of carbonyl (C=O) groups excluding carboxylic acids is 1. The SMILES string of the molecule is COC(=O)c1cc(S(=O)(=O)NC2CCNCC2)ccc1C.Cl. The molecule has 0 aromatic heterocycles. The molecule has 124 valence electrons. The van der Waals surface area contributed by atoms with Gasteiger partial charge in [-0.25, -0.2) is 17.9 Å². The van der Waals surface area contributed by atoms with E-state index < -0.39 is 16.0 Å². The average molecular weight is 349 g/mol. The molecule has 0 amide bonds. The van der Waals surface area contributed by atoms with E-state index in [1.54, 1.807) is 13.0 Å². The first-order chi connectivity index (χ1) is 9.94. The van der Waals surface area contributed by atoms with E-state index >= 15 is 0 Å². The third-order valence-corrected chi connectivity index (χ3v) is 5.10. The van der Waals surface area contributed by atoms with Crippen molar-refractivity contribution in [2.45, 2.75) is 30.7 Å². The molecule has 0 aliphatic carbocycles. The molecule has 0 radical (unpaired) electrons. The number of aryl methyl sites for hydroxylation is 1. The average Bonchev–Trinajstić information content (AvgIpc) is 2.47. The molecule has 0 atom stereocenters. The number of nitrogens with one attached hydrogen (secondary N) is 2. The third-order valence-electron chi connectivity index (χ3n) is 3.59. The molecule has 8 heteroatoms. The van der Waals surface area contributed by atoms with Crippen LogP contribution in [0.25, 0.3) is 0 Å². The summed E-state index contributed by atoms with van der Waals surface area (Å²) in [5.74, 6) is -0.536. The van der Waals surface area contributed by atoms with Crippen molar-refractivity contribution in [2.75, 3.05) is 20.2 Å². The summed E-state index contributed by atoms with van der Waals surface area (Å²) in [6.07, 6.45) is 1.52. The zero-order chi connectivity index (χ0) is 15.5. The van der Waals surface area contributed by atoms with Crippen LogP contribution in [0.5, 0.6) is 0 Å². The molecular weight excluding hydrogens is 328 g/mol. The Morgan fingerprint density at radius 3 is 2.55 bits per heavy atom. The standard InChI is InChI=1S/C14H20N2O4S.ClH/c1-10-3-4-12(9-13(10)14(17)20-2)21(18,19)16-11-5-7-15-8-6-11;/h3-4,9,11,15-16H,5-8H2,1-2H3;1H. The van der Waals surface area contributed by atoms with E-state index in [-0.39, 0.29) is 28.9 Å². The van der Waals surface area contributed by atoms with Crippen LogP contribution in [0.1, 0.15) is 28.8 Å². The maximum Gasteiger partial charge on any atom is 0.338 e. The molecule has 0 spiro atoms. The Morgan fingerprint density at radius 2 is 1.95 bits per heavy atom. The molecule has 1 saturated heterocycles. The van der Waals surface area contributed by atoms with Gasteiger partial charge in [-0.3, -0.25) is 0 Å². The highest BCUT2D eigenvalue weighted by Crippen LogP contribution is 2.18. The van der Waals surface area contributed by atoms with Crippen LogP contribution < -0.4 is 10.0 Å². The number of sulfonamides is 1. The van der Waals surface area contributed by atoms with E-state index in [0.717, 1.165) is 25.9 Å². The second kappa shape index (κ2) is 7.92. The summed E-state index contributed by atoms with van der Waals surface area (Å²) < 4.78 is 32.1. The smallest absolute Gasteiger partial charge is 0.338 e. The van der Waals surface area contributed by atoms with Crippen LogP contribution in [-0.4, -0.2) is 40.6 Å². The number of hydrogen-bond acceptors (Lipinski definition) is 5. The molecule has 2 N–H and O–H groups in total. The van der Waals surface area contributed by atoms with Gasteiger partial charge < -0.3 is 10.1 Å². The minimum Gasteiger partial charge on any atom is -0.465 e. The van der Waals surface area contributed by atoms with Crippen molar-refractivity contribution in [3.05, 3.63) is 29.3 Å². The predicted octanol–water partition coefficient (Wildman–Crippen LogP) is 1.23. The van der Waals surface area contributed by atoms with Gasteiger partial charge in [-0.2, -0.15) is 0 Å². The molecule has 0 unspecified atom stereocenters. The lowest BCUT2D eigenvalue weighted by atomic mass is 10.1. The molecule has 1 aromatic rings. The molecule has 1 aliphatic heterocycles. The molecule has 6 nitrogen and oxygen atoms in total. The van der Waals surface area contributed by atoms with Gasteiger partial charge in [0.15, 0.2) is 0 Å². The van der Waals surface area contributed by atoms with Crippen molar-refractivity contribution in [1.82, 2.24) is 10.0 Å². The van der Waals surface area contributed by atoms with E-state index in [1.165, 1.54) is 19.2 Å². The molecule has 0 saturated carbocycles. The first-order valence-corrected chi connectivity index (χ1v) is 8.34. The second-order valence-corrected chi connectivity index (χ2v) is 6.83. The first-order valence-electron chi connectivity index (χ1n) is 6.86. The Balaban J connectivity index is 0.00000242. The van der Waals surface area contributed by atoms with Crippen molar-refractivity contribution in [1.29, 1.82) is 0 Å². The van der Waals surface area contributed by atoms with Crippen LogP contribution in [-0.2, 0) is 14.8 Å². The fourth-order valence-electron chi connectivity index (χ4n) is 2.33. The number of rotatable bonds is 4. The minimum atomic E-state index is -3.63. The first kappa shape index (κ1) is 18.9. The Hall–Kier alpha value is -1.15. The monoisotopic (exact) mass is 348 g/mol. The highest BCUT2D eigenvalue weighted by molar-refractivity contribution is 7.89. The van der Waals surface area contributed by atoms with E-state index in [2.05, 4.69) is 14.8 Å². The fraction of sp³-hybridized carbons (Fsp3) is 0.500. The fourth-order valence-corrected chi connectivity index (χ4v) is 3.66. The van der Waals surface area contributed by atoms with E-state index in [0.29, 0.717) is 5.56 Å². The highest BCUT2D eigenvalue weighted by atomic mass is 35.5. The molecule has 1 aromatic carbocycles.